The van der Waals surface area contributed by atoms with Crippen LogP contribution < -0.4 is 5.32 Å². The number of nitrogens with one attached hydrogen (secondary N) is 1. The maximum Gasteiger partial charge on any atom is 0.220 e. The monoisotopic (exact) mass is 1210 g/mol. The van der Waals surface area contributed by atoms with Crippen molar-refractivity contribution in [3.05, 3.63) is 85.1 Å². The lowest BCUT2D eigenvalue weighted by molar-refractivity contribution is -0.302. The van der Waals surface area contributed by atoms with Crippen LogP contribution in [0.25, 0.3) is 0 Å². The summed E-state index contributed by atoms with van der Waals surface area (Å²) in [5.41, 5.74) is 0. The predicted molar refractivity (Wildman–Crippen MR) is 368 cm³/mol. The number of aliphatic hydroxyl groups excluding tert-OH is 5. The van der Waals surface area contributed by atoms with Crippen molar-refractivity contribution in [1.82, 2.24) is 5.32 Å². The molecule has 0 radical (unpaired) electrons. The molecule has 0 aliphatic carbocycles. The molecule has 9 heteroatoms. The van der Waals surface area contributed by atoms with Crippen LogP contribution in [0, 0.1) is 0 Å². The zero-order valence-electron chi connectivity index (χ0n) is 56.1. The lowest BCUT2D eigenvalue weighted by Crippen LogP contribution is -2.60. The summed E-state index contributed by atoms with van der Waals surface area (Å²) in [4.78, 5) is 13.1. The molecule has 0 saturated carbocycles. The molecule has 0 aromatic heterocycles. The van der Waals surface area contributed by atoms with Crippen molar-refractivity contribution < 1.29 is 39.8 Å². The van der Waals surface area contributed by atoms with Gasteiger partial charge in [-0.3, -0.25) is 4.79 Å². The van der Waals surface area contributed by atoms with Crippen LogP contribution in [0.1, 0.15) is 341 Å². The zero-order chi connectivity index (χ0) is 62.1. The Kier molecular flexibility index (Phi) is 61.8. The third-order valence-corrected chi connectivity index (χ3v) is 17.2. The maximum absolute atomic E-state index is 13.1. The summed E-state index contributed by atoms with van der Waals surface area (Å²) in [6, 6.07) is -0.807. The Morgan fingerprint density at radius 2 is 0.721 bits per heavy atom. The minimum atomic E-state index is -1.57. The molecule has 500 valence electrons. The van der Waals surface area contributed by atoms with Gasteiger partial charge in [-0.2, -0.15) is 0 Å². The fourth-order valence-corrected chi connectivity index (χ4v) is 11.5. The van der Waals surface area contributed by atoms with E-state index in [-0.39, 0.29) is 12.5 Å². The summed E-state index contributed by atoms with van der Waals surface area (Å²) in [5, 5.41) is 54.8. The van der Waals surface area contributed by atoms with Gasteiger partial charge in [-0.15, -0.1) is 0 Å². The normalized spacial score (nSPS) is 18.5. The maximum atomic E-state index is 13.1. The lowest BCUT2D eigenvalue weighted by atomic mass is 9.99. The molecule has 1 aliphatic heterocycles. The third kappa shape index (κ3) is 53.2. The van der Waals surface area contributed by atoms with Crippen molar-refractivity contribution in [3.63, 3.8) is 0 Å². The fourth-order valence-electron chi connectivity index (χ4n) is 11.5. The third-order valence-electron chi connectivity index (χ3n) is 17.2. The Morgan fingerprint density at radius 1 is 0.407 bits per heavy atom. The van der Waals surface area contributed by atoms with Crippen LogP contribution in [0.4, 0.5) is 0 Å². The minimum Gasteiger partial charge on any atom is -0.394 e. The van der Waals surface area contributed by atoms with Gasteiger partial charge in [0.25, 0.3) is 0 Å². The topological polar surface area (TPSA) is 149 Å². The number of unbranched alkanes of at least 4 members (excludes halogenated alkanes) is 42. The van der Waals surface area contributed by atoms with Crippen LogP contribution in [-0.2, 0) is 14.3 Å². The van der Waals surface area contributed by atoms with Crippen LogP contribution in [0.15, 0.2) is 85.1 Å². The molecule has 0 aromatic carbocycles. The number of hydrogen-bond donors (Lipinski definition) is 6. The van der Waals surface area contributed by atoms with Crippen LogP contribution in [-0.4, -0.2) is 87.5 Å². The Bertz CT molecular complexity index is 1640. The molecule has 9 nitrogen and oxygen atoms in total. The molecule has 7 unspecified atom stereocenters. The van der Waals surface area contributed by atoms with Gasteiger partial charge in [-0.25, -0.2) is 0 Å². The molecule has 1 rings (SSSR count). The summed E-state index contributed by atoms with van der Waals surface area (Å²) in [6.45, 7) is 3.70. The second-order valence-electron chi connectivity index (χ2n) is 25.4. The van der Waals surface area contributed by atoms with Crippen molar-refractivity contribution >= 4 is 5.91 Å². The molecule has 1 aliphatic rings. The minimum absolute atomic E-state index is 0.172. The SMILES string of the molecule is CC/C=C\C/C=C\C/C=C\C/C=C\C/C=C\C/C=C\CCCCCCCCCCCCCCCCCCCCCCCCC(=O)NC(COC1OC(CO)C(O)C(O)C1O)C(O)/C=C/CCCCCCCCCCCCCCCCCCCCCC. The van der Waals surface area contributed by atoms with Crippen molar-refractivity contribution in [2.75, 3.05) is 13.2 Å². The molecular weight excluding hydrogens is 1070 g/mol. The van der Waals surface area contributed by atoms with Gasteiger partial charge in [0.1, 0.15) is 24.4 Å². The first-order valence-corrected chi connectivity index (χ1v) is 36.8. The summed E-state index contributed by atoms with van der Waals surface area (Å²) in [6.07, 6.45) is 87.0. The largest absolute Gasteiger partial charge is 0.394 e. The highest BCUT2D eigenvalue weighted by Crippen LogP contribution is 2.23. The van der Waals surface area contributed by atoms with Crippen molar-refractivity contribution in [1.29, 1.82) is 0 Å². The van der Waals surface area contributed by atoms with Gasteiger partial charge in [-0.05, 0) is 70.6 Å². The number of aliphatic hydroxyl groups is 5. The highest BCUT2D eigenvalue weighted by molar-refractivity contribution is 5.76. The average Bonchev–Trinajstić information content (AvgIpc) is 2.36. The Balaban J connectivity index is 2.06. The van der Waals surface area contributed by atoms with Crippen LogP contribution in [0.3, 0.4) is 0 Å². The Labute approximate surface area is 531 Å². The van der Waals surface area contributed by atoms with Crippen molar-refractivity contribution in [2.45, 2.75) is 384 Å². The molecule has 7 atom stereocenters. The van der Waals surface area contributed by atoms with Gasteiger partial charge >= 0.3 is 0 Å². The molecule has 1 heterocycles. The number of carbonyl (C=O) groups is 1. The molecule has 6 N–H and O–H groups in total. The van der Waals surface area contributed by atoms with E-state index in [1.54, 1.807) is 6.08 Å². The fraction of sp³-hybridized carbons (Fsp3) is 0.805. The number of ether oxygens (including phenoxy) is 2. The predicted octanol–water partition coefficient (Wildman–Crippen LogP) is 20.5. The number of rotatable bonds is 64. The van der Waals surface area contributed by atoms with Crippen LogP contribution in [0.2, 0.25) is 0 Å². The standard InChI is InChI=1S/C77H139NO8/c1-3-5-7-9-11-13-15-17-19-21-23-25-27-28-29-30-31-32-33-34-35-36-37-38-39-40-41-42-43-44-45-47-49-51-53-55-57-59-61-63-65-67-73(81)78-70(69-85-77-76(84)75(83)74(82)72(68-79)86-77)71(80)66-64-62-60-58-56-54-52-50-48-46-26-24-22-20-18-16-14-12-10-8-6-4-2/h5,7,11,13,17,19,23,25,28-29,31-32,64,66,70-72,74-77,79-80,82-84H,3-4,6,8-10,12,14-16,18,20-22,24,26-27,30,33-63,65,67-69H2,1-2H3,(H,78,81)/b7-5-,13-11-,19-17-,25-23-,29-28-,32-31-,66-64+. The van der Waals surface area contributed by atoms with E-state index in [1.807, 2.05) is 6.08 Å². The van der Waals surface area contributed by atoms with E-state index in [9.17, 15) is 30.3 Å². The summed E-state index contributed by atoms with van der Waals surface area (Å²) in [7, 11) is 0. The smallest absolute Gasteiger partial charge is 0.220 e. The van der Waals surface area contributed by atoms with Crippen molar-refractivity contribution in [2.24, 2.45) is 0 Å². The van der Waals surface area contributed by atoms with E-state index in [2.05, 4.69) is 92.1 Å². The molecular formula is C77H139NO8. The highest BCUT2D eigenvalue weighted by Gasteiger charge is 2.44. The Hall–Kier alpha value is -2.63. The molecule has 1 amide bonds. The molecule has 86 heavy (non-hydrogen) atoms. The van der Waals surface area contributed by atoms with Gasteiger partial charge in [0.15, 0.2) is 6.29 Å². The number of carbonyl (C=O) groups excluding carboxylic acids is 1. The second-order valence-corrected chi connectivity index (χ2v) is 25.4. The lowest BCUT2D eigenvalue weighted by Gasteiger charge is -2.40. The first-order chi connectivity index (χ1) is 42.3. The Morgan fingerprint density at radius 3 is 1.07 bits per heavy atom. The van der Waals surface area contributed by atoms with E-state index in [1.165, 1.54) is 244 Å². The number of hydrogen-bond acceptors (Lipinski definition) is 8. The van der Waals surface area contributed by atoms with E-state index in [0.717, 1.165) is 77.0 Å². The van der Waals surface area contributed by atoms with Gasteiger partial charge in [0.2, 0.25) is 5.91 Å². The van der Waals surface area contributed by atoms with Gasteiger partial charge in [0, 0.05) is 6.42 Å². The van der Waals surface area contributed by atoms with E-state index >= 15 is 0 Å². The summed E-state index contributed by atoms with van der Waals surface area (Å²) < 4.78 is 11.3. The molecule has 1 fully saturated rings. The van der Waals surface area contributed by atoms with Crippen LogP contribution >= 0.6 is 0 Å². The van der Waals surface area contributed by atoms with Crippen LogP contribution in [0.5, 0.6) is 0 Å². The van der Waals surface area contributed by atoms with Gasteiger partial charge in [0.05, 0.1) is 25.4 Å². The first kappa shape index (κ1) is 81.4. The number of amides is 1. The molecule has 0 bridgehead atoms. The quantitative estimate of drug-likeness (QED) is 0.0261. The van der Waals surface area contributed by atoms with Gasteiger partial charge in [-0.1, -0.05) is 349 Å². The summed E-state index contributed by atoms with van der Waals surface area (Å²) in [5.74, 6) is -0.172. The molecule has 0 aromatic rings. The number of allylic oxidation sites excluding steroid dienone is 13. The molecule has 0 spiro atoms. The highest BCUT2D eigenvalue weighted by atomic mass is 16.7. The first-order valence-electron chi connectivity index (χ1n) is 36.8. The van der Waals surface area contributed by atoms with E-state index in [4.69, 9.17) is 9.47 Å². The van der Waals surface area contributed by atoms with Crippen molar-refractivity contribution in [3.8, 4) is 0 Å². The van der Waals surface area contributed by atoms with Gasteiger partial charge < -0.3 is 40.3 Å². The zero-order valence-corrected chi connectivity index (χ0v) is 56.1. The van der Waals surface area contributed by atoms with E-state index in [0.29, 0.717) is 6.42 Å². The summed E-state index contributed by atoms with van der Waals surface area (Å²) >= 11 is 0. The molecule has 1 saturated heterocycles. The average molecular weight is 1210 g/mol. The second kappa shape index (κ2) is 65.3. The van der Waals surface area contributed by atoms with E-state index < -0.39 is 49.5 Å².